The molecule has 5 heteroatoms. The van der Waals surface area contributed by atoms with Crippen molar-refractivity contribution in [2.45, 2.75) is 46.0 Å². The van der Waals surface area contributed by atoms with E-state index in [0.29, 0.717) is 31.1 Å². The molecule has 0 aliphatic carbocycles. The quantitative estimate of drug-likeness (QED) is 0.629. The molecule has 0 aliphatic rings. The van der Waals surface area contributed by atoms with Crippen LogP contribution in [-0.4, -0.2) is 31.4 Å². The van der Waals surface area contributed by atoms with E-state index in [9.17, 15) is 4.79 Å². The first-order valence-corrected chi connectivity index (χ1v) is 9.46. The molecule has 0 fully saturated rings. The van der Waals surface area contributed by atoms with E-state index in [-0.39, 0.29) is 11.8 Å². The molecule has 0 unspecified atom stereocenters. The minimum Gasteiger partial charge on any atom is -0.493 e. The molecule has 0 aliphatic heterocycles. The summed E-state index contributed by atoms with van der Waals surface area (Å²) in [5.41, 5.74) is 3.09. The van der Waals surface area contributed by atoms with Crippen LogP contribution in [0.15, 0.2) is 36.4 Å². The summed E-state index contributed by atoms with van der Waals surface area (Å²) in [5.74, 6) is 1.19. The fraction of sp³-hybridized carbons (Fsp3) is 0.435. The Morgan fingerprint density at radius 2 is 1.75 bits per heavy atom. The summed E-state index contributed by atoms with van der Waals surface area (Å²) >= 11 is 0. The molecule has 0 spiro atoms. The highest BCUT2D eigenvalue weighted by atomic mass is 16.5. The Labute approximate surface area is 167 Å². The zero-order valence-electron chi connectivity index (χ0n) is 17.4. The monoisotopic (exact) mass is 386 g/mol. The molecule has 2 aromatic rings. The summed E-state index contributed by atoms with van der Waals surface area (Å²) in [6.07, 6.45) is 0.424. The van der Waals surface area contributed by atoms with Gasteiger partial charge < -0.3 is 19.3 Å². The number of benzene rings is 2. The van der Waals surface area contributed by atoms with Crippen molar-refractivity contribution in [2.24, 2.45) is 0 Å². The lowest BCUT2D eigenvalue weighted by atomic mass is 9.86. The molecule has 0 bridgehead atoms. The fourth-order valence-electron chi connectivity index (χ4n) is 2.99. The summed E-state index contributed by atoms with van der Waals surface area (Å²) < 4.78 is 17.3. The number of aryl methyl sites for hydroxylation is 2. The van der Waals surface area contributed by atoms with Crippen molar-refractivity contribution in [2.75, 3.05) is 20.3 Å². The third kappa shape index (κ3) is 5.91. The largest absolute Gasteiger partial charge is 0.493 e. The molecule has 0 heterocycles. The average Bonchev–Trinajstić information content (AvgIpc) is 2.62. The van der Waals surface area contributed by atoms with Crippen LogP contribution in [0.25, 0.3) is 0 Å². The van der Waals surface area contributed by atoms with Gasteiger partial charge in [-0.2, -0.15) is 0 Å². The van der Waals surface area contributed by atoms with Crippen LogP contribution in [0.3, 0.4) is 0 Å². The second kappa shape index (κ2) is 9.49. The van der Waals surface area contributed by atoms with Gasteiger partial charge >= 0.3 is 5.97 Å². The number of carboxylic acids is 1. The molecule has 0 atom stereocenters. The van der Waals surface area contributed by atoms with E-state index in [2.05, 4.69) is 32.9 Å². The molecule has 0 aromatic heterocycles. The van der Waals surface area contributed by atoms with Crippen LogP contribution in [0.2, 0.25) is 0 Å². The summed E-state index contributed by atoms with van der Waals surface area (Å²) in [4.78, 5) is 10.9. The van der Waals surface area contributed by atoms with Crippen LogP contribution in [0, 0.1) is 6.92 Å². The number of carboxylic acid groups (broad SMARTS) is 1. The lowest BCUT2D eigenvalue weighted by Crippen LogP contribution is -2.16. The van der Waals surface area contributed by atoms with Gasteiger partial charge in [-0.3, -0.25) is 4.79 Å². The highest BCUT2D eigenvalue weighted by Crippen LogP contribution is 2.33. The second-order valence-corrected chi connectivity index (χ2v) is 7.79. The smallest absolute Gasteiger partial charge is 0.303 e. The van der Waals surface area contributed by atoms with E-state index in [1.54, 1.807) is 13.2 Å². The van der Waals surface area contributed by atoms with E-state index in [0.717, 1.165) is 22.4 Å². The fourth-order valence-corrected chi connectivity index (χ4v) is 2.99. The van der Waals surface area contributed by atoms with Gasteiger partial charge in [0, 0.05) is 6.42 Å². The predicted octanol–water partition coefficient (Wildman–Crippen LogP) is 4.78. The maximum atomic E-state index is 10.9. The van der Waals surface area contributed by atoms with Crippen LogP contribution in [0.5, 0.6) is 17.2 Å². The van der Waals surface area contributed by atoms with Crippen molar-refractivity contribution in [3.63, 3.8) is 0 Å². The van der Waals surface area contributed by atoms with E-state index in [1.165, 1.54) is 0 Å². The topological polar surface area (TPSA) is 65.0 Å². The van der Waals surface area contributed by atoms with Crippen molar-refractivity contribution in [1.29, 1.82) is 0 Å². The Morgan fingerprint density at radius 3 is 2.39 bits per heavy atom. The van der Waals surface area contributed by atoms with Gasteiger partial charge in [-0.15, -0.1) is 0 Å². The summed E-state index contributed by atoms with van der Waals surface area (Å²) in [6, 6.07) is 11.7. The molecule has 28 heavy (non-hydrogen) atoms. The maximum absolute atomic E-state index is 10.9. The van der Waals surface area contributed by atoms with Crippen molar-refractivity contribution in [1.82, 2.24) is 0 Å². The minimum absolute atomic E-state index is 0.0173. The lowest BCUT2D eigenvalue weighted by Gasteiger charge is -2.23. The van der Waals surface area contributed by atoms with E-state index in [1.807, 2.05) is 25.1 Å². The number of aliphatic carboxylic acids is 1. The molecule has 2 rings (SSSR count). The molecule has 0 radical (unpaired) electrons. The first-order chi connectivity index (χ1) is 13.2. The van der Waals surface area contributed by atoms with Gasteiger partial charge in [0.2, 0.25) is 0 Å². The van der Waals surface area contributed by atoms with E-state index in [4.69, 9.17) is 19.3 Å². The van der Waals surface area contributed by atoms with Crippen LogP contribution < -0.4 is 14.2 Å². The number of hydrogen-bond acceptors (Lipinski definition) is 4. The first kappa shape index (κ1) is 21.6. The summed E-state index contributed by atoms with van der Waals surface area (Å²) in [7, 11) is 1.57. The van der Waals surface area contributed by atoms with Gasteiger partial charge in [-0.25, -0.2) is 0 Å². The van der Waals surface area contributed by atoms with Crippen molar-refractivity contribution < 1.29 is 24.1 Å². The molecule has 5 nitrogen and oxygen atoms in total. The average molecular weight is 386 g/mol. The Balaban J connectivity index is 2.06. The normalized spacial score (nSPS) is 11.2. The highest BCUT2D eigenvalue weighted by molar-refractivity contribution is 5.67. The zero-order chi connectivity index (χ0) is 20.7. The lowest BCUT2D eigenvalue weighted by molar-refractivity contribution is -0.136. The Bertz CT molecular complexity index is 805. The molecule has 1 N–H and O–H groups in total. The number of carbonyl (C=O) groups is 1. The number of methoxy groups -OCH3 is 1. The molecule has 0 amide bonds. The molecular formula is C23H30O5. The van der Waals surface area contributed by atoms with Crippen LogP contribution in [-0.2, 0) is 16.6 Å². The van der Waals surface area contributed by atoms with Crippen molar-refractivity contribution in [3.05, 3.63) is 53.1 Å². The number of para-hydroxylation sites is 1. The van der Waals surface area contributed by atoms with Gasteiger partial charge in [0.1, 0.15) is 19.0 Å². The molecule has 0 saturated heterocycles. The minimum atomic E-state index is -0.841. The second-order valence-electron chi connectivity index (χ2n) is 7.79. The SMILES string of the molecule is COc1cccc(CCC(=O)O)c1OCCOc1cc(C)ccc1C(C)(C)C. The standard InChI is InChI=1S/C23H30O5/c1-16-9-11-18(23(2,3)4)20(15-16)27-13-14-28-22-17(10-12-21(24)25)7-6-8-19(22)26-5/h6-9,11,15H,10,12-14H2,1-5H3,(H,24,25). The summed E-state index contributed by atoms with van der Waals surface area (Å²) in [5, 5.41) is 8.95. The Hall–Kier alpha value is -2.69. The third-order valence-electron chi connectivity index (χ3n) is 4.42. The number of rotatable bonds is 9. The van der Waals surface area contributed by atoms with Gasteiger partial charge in [0.25, 0.3) is 0 Å². The van der Waals surface area contributed by atoms with E-state index >= 15 is 0 Å². The molecule has 0 saturated carbocycles. The third-order valence-corrected chi connectivity index (χ3v) is 4.42. The van der Waals surface area contributed by atoms with Crippen molar-refractivity contribution >= 4 is 5.97 Å². The zero-order valence-corrected chi connectivity index (χ0v) is 17.4. The van der Waals surface area contributed by atoms with Crippen molar-refractivity contribution in [3.8, 4) is 17.2 Å². The van der Waals surface area contributed by atoms with E-state index < -0.39 is 5.97 Å². The van der Waals surface area contributed by atoms with Crippen LogP contribution in [0.4, 0.5) is 0 Å². The highest BCUT2D eigenvalue weighted by Gasteiger charge is 2.19. The van der Waals surface area contributed by atoms with Gasteiger partial charge in [0.15, 0.2) is 11.5 Å². The van der Waals surface area contributed by atoms with Gasteiger partial charge in [0.05, 0.1) is 7.11 Å². The molecule has 152 valence electrons. The van der Waals surface area contributed by atoms with Crippen LogP contribution in [0.1, 0.15) is 43.9 Å². The molecule has 2 aromatic carbocycles. The maximum Gasteiger partial charge on any atom is 0.303 e. The number of ether oxygens (including phenoxy) is 3. The van der Waals surface area contributed by atoms with Crippen LogP contribution >= 0.6 is 0 Å². The predicted molar refractivity (Wildman–Crippen MR) is 110 cm³/mol. The summed E-state index contributed by atoms with van der Waals surface area (Å²) in [6.45, 7) is 9.22. The number of hydrogen-bond donors (Lipinski definition) is 1. The van der Waals surface area contributed by atoms with Gasteiger partial charge in [-0.1, -0.05) is 45.0 Å². The first-order valence-electron chi connectivity index (χ1n) is 9.46. The Kier molecular flexibility index (Phi) is 7.32. The van der Waals surface area contributed by atoms with Gasteiger partial charge in [-0.05, 0) is 47.6 Å². The Morgan fingerprint density at radius 1 is 1.04 bits per heavy atom. The molecular weight excluding hydrogens is 356 g/mol.